The van der Waals surface area contributed by atoms with E-state index in [0.717, 1.165) is 5.56 Å². The van der Waals surface area contributed by atoms with E-state index in [2.05, 4.69) is 0 Å². The Morgan fingerprint density at radius 1 is 1.16 bits per heavy atom. The van der Waals surface area contributed by atoms with Crippen LogP contribution in [0.25, 0.3) is 0 Å². The Labute approximate surface area is 110 Å². The van der Waals surface area contributed by atoms with Gasteiger partial charge < -0.3 is 19.3 Å². The molecule has 1 aliphatic heterocycles. The van der Waals surface area contributed by atoms with E-state index in [9.17, 15) is 9.90 Å². The molecule has 0 spiro atoms. The van der Waals surface area contributed by atoms with E-state index in [1.54, 1.807) is 12.2 Å². The summed E-state index contributed by atoms with van der Waals surface area (Å²) in [5.74, 6) is 0. The van der Waals surface area contributed by atoms with Crippen molar-refractivity contribution in [1.29, 1.82) is 0 Å². The Morgan fingerprint density at radius 2 is 1.95 bits per heavy atom. The van der Waals surface area contributed by atoms with Crippen molar-refractivity contribution in [1.82, 2.24) is 0 Å². The molecule has 0 amide bonds. The Balaban J connectivity index is 1.63. The van der Waals surface area contributed by atoms with Gasteiger partial charge in [0.2, 0.25) is 0 Å². The van der Waals surface area contributed by atoms with Gasteiger partial charge in [-0.3, -0.25) is 0 Å². The van der Waals surface area contributed by atoms with Crippen molar-refractivity contribution in [3.8, 4) is 0 Å². The maximum absolute atomic E-state index is 11.0. The Hall–Kier alpha value is -1.85. The first-order chi connectivity index (χ1) is 9.24. The molecule has 1 aromatic carbocycles. The van der Waals surface area contributed by atoms with Crippen LogP contribution in [0.4, 0.5) is 4.79 Å². The van der Waals surface area contributed by atoms with Gasteiger partial charge >= 0.3 is 6.16 Å². The molecule has 2 aliphatic rings. The lowest BCUT2D eigenvalue weighted by atomic mass is 9.96. The molecule has 3 rings (SSSR count). The summed E-state index contributed by atoms with van der Waals surface area (Å²) in [5.41, 5.74) is 1.02. The van der Waals surface area contributed by atoms with Crippen LogP contribution in [0.5, 0.6) is 0 Å². The highest BCUT2D eigenvalue weighted by Gasteiger charge is 2.45. The molecule has 1 aromatic rings. The molecule has 1 N–H and O–H groups in total. The van der Waals surface area contributed by atoms with Crippen molar-refractivity contribution in [2.75, 3.05) is 0 Å². The molecule has 0 radical (unpaired) electrons. The molecule has 0 aromatic heterocycles. The summed E-state index contributed by atoms with van der Waals surface area (Å²) in [4.78, 5) is 11.0. The lowest BCUT2D eigenvalue weighted by molar-refractivity contribution is -0.0784. The van der Waals surface area contributed by atoms with Gasteiger partial charge in [-0.2, -0.15) is 0 Å². The average Bonchev–Trinajstić information content (AvgIpc) is 2.81. The smallest absolute Gasteiger partial charge is 0.424 e. The molecular weight excluding hydrogens is 248 g/mol. The zero-order valence-corrected chi connectivity index (χ0v) is 10.1. The van der Waals surface area contributed by atoms with Crippen LogP contribution < -0.4 is 0 Å². The third-order valence-electron chi connectivity index (χ3n) is 3.24. The lowest BCUT2D eigenvalue weighted by Gasteiger charge is -2.29. The third kappa shape index (κ3) is 2.47. The van der Waals surface area contributed by atoms with Crippen LogP contribution in [0.3, 0.4) is 0 Å². The maximum atomic E-state index is 11.0. The monoisotopic (exact) mass is 262 g/mol. The molecule has 0 unspecified atom stereocenters. The number of fused-ring (bicyclic) bond motifs is 1. The molecule has 5 nitrogen and oxygen atoms in total. The summed E-state index contributed by atoms with van der Waals surface area (Å²) < 4.78 is 15.4. The number of ether oxygens (including phenoxy) is 3. The molecule has 1 saturated heterocycles. The minimum atomic E-state index is -0.912. The van der Waals surface area contributed by atoms with Gasteiger partial charge in [0.15, 0.2) is 12.2 Å². The van der Waals surface area contributed by atoms with Crippen LogP contribution in [0, 0.1) is 0 Å². The van der Waals surface area contributed by atoms with E-state index in [-0.39, 0.29) is 0 Å². The zero-order valence-electron chi connectivity index (χ0n) is 10.1. The van der Waals surface area contributed by atoms with Crippen molar-refractivity contribution in [3.63, 3.8) is 0 Å². The fourth-order valence-electron chi connectivity index (χ4n) is 2.24. The minimum absolute atomic E-state index is 0.388. The van der Waals surface area contributed by atoms with Crippen LogP contribution in [-0.4, -0.2) is 35.7 Å². The van der Waals surface area contributed by atoms with Gasteiger partial charge in [-0.1, -0.05) is 36.4 Å². The van der Waals surface area contributed by atoms with E-state index in [1.165, 1.54) is 0 Å². The first kappa shape index (κ1) is 12.2. The van der Waals surface area contributed by atoms with Gasteiger partial charge in [0, 0.05) is 0 Å². The van der Waals surface area contributed by atoms with Crippen molar-refractivity contribution in [2.24, 2.45) is 0 Å². The van der Waals surface area contributed by atoms with E-state index in [0.29, 0.717) is 6.61 Å². The van der Waals surface area contributed by atoms with Crippen LogP contribution in [0.15, 0.2) is 42.5 Å². The molecule has 4 atom stereocenters. The van der Waals surface area contributed by atoms with Crippen LogP contribution in [0.2, 0.25) is 0 Å². The zero-order chi connectivity index (χ0) is 13.2. The summed E-state index contributed by atoms with van der Waals surface area (Å²) in [6.45, 7) is 0.388. The summed E-state index contributed by atoms with van der Waals surface area (Å²) in [5, 5.41) is 10.1. The highest BCUT2D eigenvalue weighted by molar-refractivity contribution is 5.63. The Kier molecular flexibility index (Phi) is 3.23. The number of aliphatic hydroxyl groups is 1. The van der Waals surface area contributed by atoms with E-state index >= 15 is 0 Å². The quantitative estimate of drug-likeness (QED) is 0.659. The van der Waals surface area contributed by atoms with Crippen molar-refractivity contribution < 1.29 is 24.1 Å². The number of carbonyl (C=O) groups is 1. The summed E-state index contributed by atoms with van der Waals surface area (Å²) in [6.07, 6.45) is 0.0372. The van der Waals surface area contributed by atoms with Gasteiger partial charge in [-0.25, -0.2) is 4.79 Å². The molecule has 100 valence electrons. The SMILES string of the molecule is O=C1O[C@@H]2[C@@H](O)[C@H](OCc3ccccc3)C=C[C@@H]2O1. The van der Waals surface area contributed by atoms with Gasteiger partial charge in [0.25, 0.3) is 0 Å². The maximum Gasteiger partial charge on any atom is 0.509 e. The topological polar surface area (TPSA) is 65.0 Å². The Morgan fingerprint density at radius 3 is 2.74 bits per heavy atom. The predicted octanol–water partition coefficient (Wildman–Crippen LogP) is 1.41. The molecule has 0 bridgehead atoms. The first-order valence-electron chi connectivity index (χ1n) is 6.13. The molecule has 1 heterocycles. The second-order valence-electron chi connectivity index (χ2n) is 4.55. The predicted molar refractivity (Wildman–Crippen MR) is 65.3 cm³/mol. The second kappa shape index (κ2) is 5.03. The number of rotatable bonds is 3. The third-order valence-corrected chi connectivity index (χ3v) is 3.24. The lowest BCUT2D eigenvalue weighted by Crippen LogP contribution is -2.45. The number of benzene rings is 1. The number of carbonyl (C=O) groups excluding carboxylic acids is 1. The van der Waals surface area contributed by atoms with Crippen LogP contribution >= 0.6 is 0 Å². The summed E-state index contributed by atoms with van der Waals surface area (Å²) in [6, 6.07) is 9.67. The highest BCUT2D eigenvalue weighted by atomic mass is 16.8. The first-order valence-corrected chi connectivity index (χ1v) is 6.13. The van der Waals surface area contributed by atoms with E-state index in [4.69, 9.17) is 14.2 Å². The van der Waals surface area contributed by atoms with Gasteiger partial charge in [0.05, 0.1) is 6.61 Å². The van der Waals surface area contributed by atoms with E-state index < -0.39 is 30.6 Å². The molecule has 0 saturated carbocycles. The van der Waals surface area contributed by atoms with Crippen LogP contribution in [0.1, 0.15) is 5.56 Å². The molecular formula is C14H14O5. The van der Waals surface area contributed by atoms with Gasteiger partial charge in [0.1, 0.15) is 12.2 Å². The Bertz CT molecular complexity index is 484. The summed E-state index contributed by atoms with van der Waals surface area (Å²) >= 11 is 0. The van der Waals surface area contributed by atoms with Gasteiger partial charge in [-0.05, 0) is 11.6 Å². The standard InChI is InChI=1S/C14H14O5/c15-12-10(17-8-9-4-2-1-3-5-9)6-7-11-13(12)19-14(16)18-11/h1-7,10-13,15H,8H2/t10-,11+,12+,13+/m1/s1. The largest absolute Gasteiger partial charge is 0.509 e. The van der Waals surface area contributed by atoms with Crippen molar-refractivity contribution >= 4 is 6.16 Å². The molecule has 19 heavy (non-hydrogen) atoms. The second-order valence-corrected chi connectivity index (χ2v) is 4.55. The summed E-state index contributed by atoms with van der Waals surface area (Å²) in [7, 11) is 0. The van der Waals surface area contributed by atoms with Crippen LogP contribution in [-0.2, 0) is 20.8 Å². The normalized spacial score (nSPS) is 32.6. The fraction of sp³-hybridized carbons (Fsp3) is 0.357. The average molecular weight is 262 g/mol. The highest BCUT2D eigenvalue weighted by Crippen LogP contribution is 2.27. The van der Waals surface area contributed by atoms with E-state index in [1.807, 2.05) is 30.3 Å². The van der Waals surface area contributed by atoms with Gasteiger partial charge in [-0.15, -0.1) is 0 Å². The molecule has 5 heteroatoms. The molecule has 1 fully saturated rings. The number of hydrogen-bond donors (Lipinski definition) is 1. The number of aliphatic hydroxyl groups excluding tert-OH is 1. The number of hydrogen-bond acceptors (Lipinski definition) is 5. The van der Waals surface area contributed by atoms with Crippen molar-refractivity contribution in [2.45, 2.75) is 31.0 Å². The van der Waals surface area contributed by atoms with Crippen molar-refractivity contribution in [3.05, 3.63) is 48.0 Å². The minimum Gasteiger partial charge on any atom is -0.424 e. The molecule has 1 aliphatic carbocycles. The fourth-order valence-corrected chi connectivity index (χ4v) is 2.24.